The normalized spacial score (nSPS) is 20.7. The molecule has 6 rings (SSSR count). The van der Waals surface area contributed by atoms with Crippen molar-refractivity contribution in [2.45, 2.75) is 31.2 Å². The first-order valence-corrected chi connectivity index (χ1v) is 14.6. The molecule has 3 aliphatic rings. The largest absolute Gasteiger partial charge is 0.486 e. The standard InChI is InChI=1S/C31H32FN9O3/c32-26-17-41(29(42)7-9-33)10-8-28(26)44-27-6-1-21(15-22(27)16-34)30-35-20-36-31(38-30)37-23-2-4-24(5-3-23)39-11-13-40(14-12-39)25-18-43-19-25/h1-6,15,20,25-26,28H,7-8,10-14,17-19H2,(H,35,36,37,38). The highest BCUT2D eigenvalue weighted by Crippen LogP contribution is 2.29. The number of nitrogens with zero attached hydrogens (tertiary/aromatic N) is 8. The van der Waals surface area contributed by atoms with Crippen molar-refractivity contribution < 1.29 is 18.7 Å². The molecule has 1 amide bonds. The number of anilines is 3. The van der Waals surface area contributed by atoms with Gasteiger partial charge in [0.2, 0.25) is 11.9 Å². The molecule has 1 N–H and O–H groups in total. The molecule has 2 atom stereocenters. The van der Waals surface area contributed by atoms with Crippen LogP contribution in [0.3, 0.4) is 0 Å². The number of nitriles is 2. The fraction of sp³-hybridized carbons (Fsp3) is 0.419. The number of rotatable bonds is 8. The summed E-state index contributed by atoms with van der Waals surface area (Å²) in [5.74, 6) is 0.565. The van der Waals surface area contributed by atoms with E-state index in [0.717, 1.165) is 45.1 Å². The van der Waals surface area contributed by atoms with E-state index in [2.05, 4.69) is 48.3 Å². The highest BCUT2D eigenvalue weighted by Gasteiger charge is 2.33. The van der Waals surface area contributed by atoms with Crippen LogP contribution in [0.25, 0.3) is 11.4 Å². The number of benzene rings is 2. The van der Waals surface area contributed by atoms with Crippen LogP contribution in [0.2, 0.25) is 0 Å². The molecular formula is C31H32FN9O3. The fourth-order valence-electron chi connectivity index (χ4n) is 5.60. The maximum Gasteiger partial charge on any atom is 0.236 e. The molecule has 0 saturated carbocycles. The van der Waals surface area contributed by atoms with Crippen LogP contribution in [0.1, 0.15) is 18.4 Å². The first-order valence-electron chi connectivity index (χ1n) is 14.6. The Kier molecular flexibility index (Phi) is 8.77. The molecule has 0 bridgehead atoms. The van der Waals surface area contributed by atoms with E-state index in [9.17, 15) is 14.4 Å². The first-order chi connectivity index (χ1) is 21.5. The number of halogens is 1. The van der Waals surface area contributed by atoms with Crippen LogP contribution in [0, 0.1) is 22.7 Å². The number of carbonyl (C=O) groups is 1. The number of likely N-dealkylation sites (tertiary alicyclic amines) is 1. The molecule has 44 heavy (non-hydrogen) atoms. The average molecular weight is 598 g/mol. The van der Waals surface area contributed by atoms with E-state index >= 15 is 0 Å². The minimum atomic E-state index is -1.44. The van der Waals surface area contributed by atoms with Gasteiger partial charge in [-0.2, -0.15) is 15.5 Å². The molecule has 0 spiro atoms. The summed E-state index contributed by atoms with van der Waals surface area (Å²) < 4.78 is 26.0. The fourth-order valence-corrected chi connectivity index (χ4v) is 5.60. The zero-order chi connectivity index (χ0) is 30.5. The summed E-state index contributed by atoms with van der Waals surface area (Å²) in [5.41, 5.74) is 2.79. The van der Waals surface area contributed by atoms with Crippen molar-refractivity contribution in [3.05, 3.63) is 54.4 Å². The second kappa shape index (κ2) is 13.2. The maximum absolute atomic E-state index is 14.8. The molecule has 3 fully saturated rings. The third-order valence-corrected chi connectivity index (χ3v) is 8.21. The van der Waals surface area contributed by atoms with Gasteiger partial charge in [0.05, 0.1) is 37.4 Å². The van der Waals surface area contributed by atoms with Crippen molar-refractivity contribution in [1.82, 2.24) is 24.8 Å². The van der Waals surface area contributed by atoms with E-state index in [1.807, 2.05) is 12.1 Å². The van der Waals surface area contributed by atoms with Gasteiger partial charge in [-0.1, -0.05) is 0 Å². The molecule has 226 valence electrons. The summed E-state index contributed by atoms with van der Waals surface area (Å²) in [6.45, 7) is 5.84. The third-order valence-electron chi connectivity index (χ3n) is 8.21. The number of aromatic nitrogens is 3. The molecule has 2 aromatic carbocycles. The van der Waals surface area contributed by atoms with Gasteiger partial charge in [-0.25, -0.2) is 14.4 Å². The number of hydrogen-bond acceptors (Lipinski definition) is 11. The molecular weight excluding hydrogens is 565 g/mol. The average Bonchev–Trinajstić information content (AvgIpc) is 3.02. The lowest BCUT2D eigenvalue weighted by Crippen LogP contribution is -2.56. The van der Waals surface area contributed by atoms with Gasteiger partial charge < -0.3 is 24.6 Å². The Hall–Kier alpha value is -4.85. The van der Waals surface area contributed by atoms with Crippen molar-refractivity contribution in [2.24, 2.45) is 0 Å². The Bertz CT molecular complexity index is 1560. The number of nitrogens with one attached hydrogen (secondary N) is 1. The Morgan fingerprint density at radius 1 is 1.07 bits per heavy atom. The van der Waals surface area contributed by atoms with Crippen LogP contribution < -0.4 is 15.0 Å². The molecule has 0 aliphatic carbocycles. The highest BCUT2D eigenvalue weighted by atomic mass is 19.1. The smallest absolute Gasteiger partial charge is 0.236 e. The van der Waals surface area contributed by atoms with Crippen molar-refractivity contribution in [2.75, 3.05) is 62.7 Å². The molecule has 3 saturated heterocycles. The summed E-state index contributed by atoms with van der Waals surface area (Å²) in [6, 6.07) is 17.5. The number of alkyl halides is 1. The zero-order valence-electron chi connectivity index (χ0n) is 24.1. The van der Waals surface area contributed by atoms with Gasteiger partial charge in [0.1, 0.15) is 30.7 Å². The van der Waals surface area contributed by atoms with Crippen molar-refractivity contribution in [1.29, 1.82) is 10.5 Å². The predicted octanol–water partition coefficient (Wildman–Crippen LogP) is 2.91. The van der Waals surface area contributed by atoms with Gasteiger partial charge in [-0.3, -0.25) is 9.69 Å². The Labute approximate surface area is 254 Å². The minimum absolute atomic E-state index is 0.151. The van der Waals surface area contributed by atoms with E-state index in [-0.39, 0.29) is 37.2 Å². The van der Waals surface area contributed by atoms with Gasteiger partial charge in [-0.15, -0.1) is 0 Å². The third kappa shape index (κ3) is 6.54. The molecule has 3 aromatic rings. The minimum Gasteiger partial charge on any atom is -0.486 e. The van der Waals surface area contributed by atoms with Crippen LogP contribution in [0.5, 0.6) is 5.75 Å². The van der Waals surface area contributed by atoms with Crippen LogP contribution in [0.15, 0.2) is 48.8 Å². The van der Waals surface area contributed by atoms with E-state index in [1.165, 1.54) is 16.9 Å². The van der Waals surface area contributed by atoms with Crippen LogP contribution in [-0.4, -0.2) is 101 Å². The lowest BCUT2D eigenvalue weighted by molar-refractivity contribution is -0.134. The van der Waals surface area contributed by atoms with Crippen LogP contribution >= 0.6 is 0 Å². The topological polar surface area (TPSA) is 144 Å². The lowest BCUT2D eigenvalue weighted by atomic mass is 10.0. The number of hydrogen-bond donors (Lipinski definition) is 1. The molecule has 2 unspecified atom stereocenters. The molecule has 13 heteroatoms. The second-order valence-corrected chi connectivity index (χ2v) is 11.0. The van der Waals surface area contributed by atoms with Gasteiger partial charge >= 0.3 is 0 Å². The first kappa shape index (κ1) is 29.2. The summed E-state index contributed by atoms with van der Waals surface area (Å²) >= 11 is 0. The van der Waals surface area contributed by atoms with E-state index < -0.39 is 18.2 Å². The van der Waals surface area contributed by atoms with Crippen LogP contribution in [0.4, 0.5) is 21.7 Å². The van der Waals surface area contributed by atoms with Crippen molar-refractivity contribution in [3.8, 4) is 29.3 Å². The molecule has 1 aromatic heterocycles. The van der Waals surface area contributed by atoms with Crippen LogP contribution in [-0.2, 0) is 9.53 Å². The lowest BCUT2D eigenvalue weighted by Gasteiger charge is -2.43. The number of ether oxygens (including phenoxy) is 2. The molecule has 12 nitrogen and oxygen atoms in total. The van der Waals surface area contributed by atoms with E-state index in [1.54, 1.807) is 24.3 Å². The Morgan fingerprint density at radius 2 is 1.86 bits per heavy atom. The number of amides is 1. The highest BCUT2D eigenvalue weighted by molar-refractivity contribution is 5.78. The second-order valence-electron chi connectivity index (χ2n) is 11.0. The number of piperidine rings is 1. The van der Waals surface area contributed by atoms with E-state index in [0.29, 0.717) is 23.4 Å². The SMILES string of the molecule is N#CCC(=O)N1CCC(Oc2ccc(-c3ncnc(Nc4ccc(N5CCN(C6COC6)CC5)cc4)n3)cc2C#N)C(F)C1. The Morgan fingerprint density at radius 3 is 2.55 bits per heavy atom. The predicted molar refractivity (Wildman–Crippen MR) is 159 cm³/mol. The van der Waals surface area contributed by atoms with E-state index in [4.69, 9.17) is 14.7 Å². The van der Waals surface area contributed by atoms with Gasteiger partial charge in [0.25, 0.3) is 0 Å². The molecule has 0 radical (unpaired) electrons. The van der Waals surface area contributed by atoms with Crippen molar-refractivity contribution >= 4 is 23.2 Å². The Balaban J connectivity index is 1.07. The summed E-state index contributed by atoms with van der Waals surface area (Å²) in [5, 5.41) is 21.7. The zero-order valence-corrected chi connectivity index (χ0v) is 24.1. The van der Waals surface area contributed by atoms with Gasteiger partial charge in [-0.05, 0) is 42.5 Å². The monoisotopic (exact) mass is 597 g/mol. The molecule has 4 heterocycles. The summed E-state index contributed by atoms with van der Waals surface area (Å²) in [4.78, 5) is 31.2. The van der Waals surface area contributed by atoms with Gasteiger partial charge in [0.15, 0.2) is 12.0 Å². The molecule has 3 aliphatic heterocycles. The number of piperazine rings is 1. The quantitative estimate of drug-likeness (QED) is 0.409. The summed E-state index contributed by atoms with van der Waals surface area (Å²) in [7, 11) is 0. The maximum atomic E-state index is 14.8. The number of carbonyl (C=O) groups excluding carboxylic acids is 1. The summed E-state index contributed by atoms with van der Waals surface area (Å²) in [6.07, 6.45) is -0.890. The van der Waals surface area contributed by atoms with Gasteiger partial charge in [0, 0.05) is 56.1 Å². The van der Waals surface area contributed by atoms with Crippen molar-refractivity contribution in [3.63, 3.8) is 0 Å².